The molecule has 8 heavy (non-hydrogen) atoms. The fourth-order valence-electron chi connectivity index (χ4n) is 0.386. The lowest BCUT2D eigenvalue weighted by Crippen LogP contribution is -2.14. The Hall–Kier alpha value is -0.560. The van der Waals surface area contributed by atoms with Crippen LogP contribution in [0.2, 0.25) is 0 Å². The van der Waals surface area contributed by atoms with Gasteiger partial charge in [-0.3, -0.25) is 4.90 Å². The predicted molar refractivity (Wildman–Crippen MR) is 35.2 cm³/mol. The summed E-state index contributed by atoms with van der Waals surface area (Å²) >= 11 is 0. The summed E-state index contributed by atoms with van der Waals surface area (Å²) in [6.07, 6.45) is 3.38. The number of rotatable bonds is 4. The van der Waals surface area contributed by atoms with E-state index in [1.165, 1.54) is 4.90 Å². The molecule has 0 aliphatic carbocycles. The van der Waals surface area contributed by atoms with Gasteiger partial charge in [0, 0.05) is 13.1 Å². The van der Waals surface area contributed by atoms with Gasteiger partial charge in [-0.15, -0.1) is 13.2 Å². The molecule has 0 N–H and O–H groups in total. The van der Waals surface area contributed by atoms with E-state index in [1.807, 2.05) is 0 Å². The number of nitrogens with zero attached hydrogens (tertiary/aromatic N) is 1. The van der Waals surface area contributed by atoms with Crippen molar-refractivity contribution in [1.29, 1.82) is 0 Å². The van der Waals surface area contributed by atoms with Gasteiger partial charge in [-0.05, 0) is 0 Å². The Morgan fingerprint density at radius 2 is 1.62 bits per heavy atom. The highest BCUT2D eigenvalue weighted by Crippen LogP contribution is 1.82. The Balaban J connectivity index is 3.16. The minimum Gasteiger partial charge on any atom is -0.285 e. The van der Waals surface area contributed by atoms with E-state index < -0.39 is 0 Å². The van der Waals surface area contributed by atoms with E-state index >= 15 is 0 Å². The van der Waals surface area contributed by atoms with Gasteiger partial charge in [0.05, 0.1) is 7.05 Å². The van der Waals surface area contributed by atoms with Gasteiger partial charge >= 0.3 is 0 Å². The first-order valence-corrected chi connectivity index (χ1v) is 2.49. The molecule has 0 spiro atoms. The third-order valence-electron chi connectivity index (χ3n) is 0.699. The van der Waals surface area contributed by atoms with Crippen LogP contribution in [0.15, 0.2) is 25.3 Å². The minimum atomic E-state index is 0.603. The van der Waals surface area contributed by atoms with Crippen molar-refractivity contribution in [2.75, 3.05) is 13.1 Å². The molecule has 43 valence electrons. The molecular weight excluding hydrogens is 98.1 g/mol. The van der Waals surface area contributed by atoms with Gasteiger partial charge in [0.1, 0.15) is 0 Å². The van der Waals surface area contributed by atoms with Crippen molar-refractivity contribution in [3.63, 3.8) is 0 Å². The summed E-state index contributed by atoms with van der Waals surface area (Å²) in [5.74, 6) is 0. The summed E-state index contributed by atoms with van der Waals surface area (Å²) in [5, 5.41) is 0. The summed E-state index contributed by atoms with van der Waals surface area (Å²) in [4.78, 5) is 1.38. The van der Waals surface area contributed by atoms with E-state index in [1.54, 1.807) is 12.2 Å². The highest BCUT2D eigenvalue weighted by Gasteiger charge is 1.87. The molecule has 0 saturated heterocycles. The van der Waals surface area contributed by atoms with Crippen LogP contribution < -0.4 is 0 Å². The summed E-state index contributed by atoms with van der Waals surface area (Å²) in [6.45, 7) is 8.18. The standard InChI is InChI=1S/C7H10N/c1-4-6-8(3)7-5-2/h4-5H,1-2,6-7H2. The molecule has 0 heterocycles. The summed E-state index contributed by atoms with van der Waals surface area (Å²) < 4.78 is 0. The van der Waals surface area contributed by atoms with E-state index in [-0.39, 0.29) is 0 Å². The lowest BCUT2D eigenvalue weighted by molar-refractivity contribution is 0.456. The van der Waals surface area contributed by atoms with Crippen molar-refractivity contribution in [3.8, 4) is 0 Å². The Labute approximate surface area is 51.3 Å². The van der Waals surface area contributed by atoms with Crippen molar-refractivity contribution >= 4 is 0 Å². The molecule has 0 saturated carbocycles. The highest BCUT2D eigenvalue weighted by atomic mass is 15.1. The van der Waals surface area contributed by atoms with Crippen LogP contribution in [0.3, 0.4) is 0 Å². The third-order valence-corrected chi connectivity index (χ3v) is 0.699. The highest BCUT2D eigenvalue weighted by molar-refractivity contribution is 4.78. The zero-order valence-electron chi connectivity index (χ0n) is 4.93. The van der Waals surface area contributed by atoms with E-state index in [2.05, 4.69) is 13.2 Å². The first-order chi connectivity index (χ1) is 3.81. The topological polar surface area (TPSA) is 3.24 Å². The van der Waals surface area contributed by atoms with Crippen molar-refractivity contribution in [2.24, 2.45) is 0 Å². The lowest BCUT2D eigenvalue weighted by Gasteiger charge is -2.07. The Bertz CT molecular complexity index is 66.5. The van der Waals surface area contributed by atoms with Gasteiger partial charge in [-0.25, -0.2) is 0 Å². The lowest BCUT2D eigenvalue weighted by atomic mass is 10.5. The van der Waals surface area contributed by atoms with E-state index in [0.29, 0.717) is 13.1 Å². The molecule has 0 fully saturated rings. The molecule has 1 heteroatoms. The SMILES string of the molecule is [C]N(CC=C)CC=C. The first kappa shape index (κ1) is 7.44. The van der Waals surface area contributed by atoms with Crippen molar-refractivity contribution in [3.05, 3.63) is 32.4 Å². The molecule has 0 rings (SSSR count). The van der Waals surface area contributed by atoms with Crippen LogP contribution >= 0.6 is 0 Å². The third kappa shape index (κ3) is 3.62. The van der Waals surface area contributed by atoms with E-state index in [4.69, 9.17) is 7.05 Å². The summed E-state index contributed by atoms with van der Waals surface area (Å²) in [7, 11) is 7.06. The fraction of sp³-hybridized carbons (Fsp3) is 0.286. The van der Waals surface area contributed by atoms with Crippen LogP contribution in [-0.4, -0.2) is 18.0 Å². The second-order valence-corrected chi connectivity index (χ2v) is 1.48. The largest absolute Gasteiger partial charge is 0.285 e. The van der Waals surface area contributed by atoms with Gasteiger partial charge in [-0.2, -0.15) is 0 Å². The molecule has 0 amide bonds. The van der Waals surface area contributed by atoms with Crippen LogP contribution in [0.4, 0.5) is 0 Å². The van der Waals surface area contributed by atoms with Gasteiger partial charge < -0.3 is 0 Å². The second kappa shape index (κ2) is 4.60. The van der Waals surface area contributed by atoms with Crippen LogP contribution in [0, 0.1) is 7.05 Å². The maximum Gasteiger partial charge on any atom is 0.0888 e. The van der Waals surface area contributed by atoms with Crippen LogP contribution in [0.1, 0.15) is 0 Å². The maximum atomic E-state index is 7.06. The quantitative estimate of drug-likeness (QED) is 0.489. The summed E-state index contributed by atoms with van der Waals surface area (Å²) in [5.41, 5.74) is 0. The Morgan fingerprint density at radius 1 is 1.25 bits per heavy atom. The Kier molecular flexibility index (Phi) is 4.27. The molecule has 0 aromatic carbocycles. The molecule has 0 aliphatic rings. The molecule has 0 unspecified atom stereocenters. The number of hydrogen-bond acceptors (Lipinski definition) is 1. The van der Waals surface area contributed by atoms with Crippen LogP contribution in [0.5, 0.6) is 0 Å². The Morgan fingerprint density at radius 3 is 1.88 bits per heavy atom. The van der Waals surface area contributed by atoms with E-state index in [9.17, 15) is 0 Å². The second-order valence-electron chi connectivity index (χ2n) is 1.48. The van der Waals surface area contributed by atoms with Crippen LogP contribution in [-0.2, 0) is 0 Å². The van der Waals surface area contributed by atoms with E-state index in [0.717, 1.165) is 0 Å². The van der Waals surface area contributed by atoms with Gasteiger partial charge in [0.25, 0.3) is 0 Å². The summed E-state index contributed by atoms with van der Waals surface area (Å²) in [6, 6.07) is 0. The maximum absolute atomic E-state index is 7.06. The molecule has 3 radical (unpaired) electrons. The van der Waals surface area contributed by atoms with Gasteiger partial charge in [0.2, 0.25) is 0 Å². The van der Waals surface area contributed by atoms with Crippen molar-refractivity contribution < 1.29 is 0 Å². The number of hydrogen-bond donors (Lipinski definition) is 0. The molecule has 1 nitrogen and oxygen atoms in total. The van der Waals surface area contributed by atoms with Gasteiger partial charge in [-0.1, -0.05) is 12.2 Å². The molecular formula is C7H10N. The van der Waals surface area contributed by atoms with Crippen molar-refractivity contribution in [2.45, 2.75) is 0 Å². The zero-order valence-corrected chi connectivity index (χ0v) is 4.93. The first-order valence-electron chi connectivity index (χ1n) is 2.49. The molecule has 0 aliphatic heterocycles. The van der Waals surface area contributed by atoms with Crippen LogP contribution in [0.25, 0.3) is 0 Å². The normalized spacial score (nSPS) is 9.25. The molecule has 0 atom stereocenters. The zero-order chi connectivity index (χ0) is 6.41. The van der Waals surface area contributed by atoms with Gasteiger partial charge in [0.15, 0.2) is 0 Å². The fourth-order valence-corrected chi connectivity index (χ4v) is 0.386. The molecule has 0 aromatic heterocycles. The average Bonchev–Trinajstić information content (AvgIpc) is 1.68. The predicted octanol–water partition coefficient (Wildman–Crippen LogP) is 1.21. The van der Waals surface area contributed by atoms with Crippen molar-refractivity contribution in [1.82, 2.24) is 4.90 Å². The average molecular weight is 108 g/mol. The molecule has 0 aromatic rings. The monoisotopic (exact) mass is 108 g/mol. The smallest absolute Gasteiger partial charge is 0.0888 e. The minimum absolute atomic E-state index is 0.603. The molecule has 0 bridgehead atoms.